The second-order valence-corrected chi connectivity index (χ2v) is 8.11. The minimum Gasteiger partial charge on any atom is -0.360 e. The van der Waals surface area contributed by atoms with E-state index in [-0.39, 0.29) is 0 Å². The molecule has 2 saturated heterocycles. The van der Waals surface area contributed by atoms with Crippen molar-refractivity contribution < 1.29 is 9.32 Å². The van der Waals surface area contributed by atoms with Gasteiger partial charge in [-0.05, 0) is 77.5 Å². The molecule has 2 fully saturated rings. The highest BCUT2D eigenvalue weighted by Crippen LogP contribution is 2.27. The second-order valence-electron chi connectivity index (χ2n) is 8.11. The molecule has 3 rings (SSSR count). The van der Waals surface area contributed by atoms with E-state index in [2.05, 4.69) is 35.3 Å². The lowest BCUT2D eigenvalue weighted by molar-refractivity contribution is -0.132. The molecule has 0 spiro atoms. The van der Waals surface area contributed by atoms with E-state index in [1.54, 1.807) is 0 Å². The van der Waals surface area contributed by atoms with Crippen molar-refractivity contribution in [2.24, 2.45) is 11.8 Å². The summed E-state index contributed by atoms with van der Waals surface area (Å²) in [6.07, 6.45) is 6.55. The maximum Gasteiger partial charge on any atom is 0.222 e. The van der Waals surface area contributed by atoms with Gasteiger partial charge < -0.3 is 14.7 Å². The summed E-state index contributed by atoms with van der Waals surface area (Å²) in [4.78, 5) is 17.0. The molecular formula is C21H36N4O2. The van der Waals surface area contributed by atoms with E-state index in [9.17, 15) is 4.79 Å². The molecule has 2 atom stereocenters. The molecule has 27 heavy (non-hydrogen) atoms. The van der Waals surface area contributed by atoms with E-state index in [1.807, 2.05) is 4.90 Å². The first kappa shape index (κ1) is 20.3. The van der Waals surface area contributed by atoms with Crippen LogP contribution in [-0.2, 0) is 17.8 Å². The molecule has 0 aromatic carbocycles. The van der Waals surface area contributed by atoms with E-state index in [4.69, 9.17) is 4.52 Å². The SMILES string of the molecule is CCN(CC)C(=O)C[C@H]1CCNC[C@@H]1Cc1cc(CN2CCCCC2)on1. The van der Waals surface area contributed by atoms with Crippen molar-refractivity contribution in [3.8, 4) is 0 Å². The third-order valence-electron chi connectivity index (χ3n) is 6.23. The molecule has 2 aliphatic rings. The monoisotopic (exact) mass is 376 g/mol. The largest absolute Gasteiger partial charge is 0.360 e. The number of aromatic nitrogens is 1. The fraction of sp³-hybridized carbons (Fsp3) is 0.810. The van der Waals surface area contributed by atoms with Crippen molar-refractivity contribution in [1.82, 2.24) is 20.3 Å². The van der Waals surface area contributed by atoms with E-state index in [0.717, 1.165) is 70.1 Å². The molecule has 152 valence electrons. The summed E-state index contributed by atoms with van der Waals surface area (Å²) in [5.74, 6) is 2.15. The van der Waals surface area contributed by atoms with Crippen molar-refractivity contribution in [2.45, 2.75) is 58.9 Å². The highest BCUT2D eigenvalue weighted by atomic mass is 16.5. The number of nitrogens with one attached hydrogen (secondary N) is 1. The van der Waals surface area contributed by atoms with Gasteiger partial charge in [0.15, 0.2) is 5.76 Å². The van der Waals surface area contributed by atoms with Gasteiger partial charge in [0.2, 0.25) is 5.91 Å². The van der Waals surface area contributed by atoms with Gasteiger partial charge in [-0.3, -0.25) is 9.69 Å². The predicted octanol–water partition coefficient (Wildman–Crippen LogP) is 2.69. The quantitative estimate of drug-likeness (QED) is 0.756. The smallest absolute Gasteiger partial charge is 0.222 e. The Kier molecular flexibility index (Phi) is 7.70. The van der Waals surface area contributed by atoms with Crippen LogP contribution in [0.2, 0.25) is 0 Å². The highest BCUT2D eigenvalue weighted by Gasteiger charge is 2.29. The third-order valence-corrected chi connectivity index (χ3v) is 6.23. The van der Waals surface area contributed by atoms with Crippen LogP contribution in [0.1, 0.15) is 57.4 Å². The second kappa shape index (κ2) is 10.2. The number of carbonyl (C=O) groups is 1. The van der Waals surface area contributed by atoms with E-state index >= 15 is 0 Å². The predicted molar refractivity (Wildman–Crippen MR) is 106 cm³/mol. The lowest BCUT2D eigenvalue weighted by Gasteiger charge is -2.32. The van der Waals surface area contributed by atoms with E-state index in [1.165, 1.54) is 19.3 Å². The van der Waals surface area contributed by atoms with Crippen LogP contribution in [0.3, 0.4) is 0 Å². The summed E-state index contributed by atoms with van der Waals surface area (Å²) in [5.41, 5.74) is 1.04. The molecule has 3 heterocycles. The summed E-state index contributed by atoms with van der Waals surface area (Å²) in [6, 6.07) is 2.13. The molecular weight excluding hydrogens is 340 g/mol. The molecule has 1 N–H and O–H groups in total. The van der Waals surface area contributed by atoms with Crippen LogP contribution in [0.5, 0.6) is 0 Å². The first-order valence-electron chi connectivity index (χ1n) is 10.8. The number of amides is 1. The van der Waals surface area contributed by atoms with Gasteiger partial charge in [0.25, 0.3) is 0 Å². The number of likely N-dealkylation sites (tertiary alicyclic amines) is 1. The van der Waals surface area contributed by atoms with Crippen molar-refractivity contribution in [2.75, 3.05) is 39.3 Å². The zero-order valence-corrected chi connectivity index (χ0v) is 17.1. The third kappa shape index (κ3) is 5.79. The van der Waals surface area contributed by atoms with Gasteiger partial charge >= 0.3 is 0 Å². The maximum atomic E-state index is 12.6. The van der Waals surface area contributed by atoms with Crippen molar-refractivity contribution in [3.63, 3.8) is 0 Å². The van der Waals surface area contributed by atoms with E-state index in [0.29, 0.717) is 24.2 Å². The summed E-state index contributed by atoms with van der Waals surface area (Å²) in [5, 5.41) is 7.83. The summed E-state index contributed by atoms with van der Waals surface area (Å²) >= 11 is 0. The first-order chi connectivity index (χ1) is 13.2. The summed E-state index contributed by atoms with van der Waals surface area (Å²) in [7, 11) is 0. The van der Waals surface area contributed by atoms with Crippen molar-refractivity contribution in [3.05, 3.63) is 17.5 Å². The van der Waals surface area contributed by atoms with Gasteiger partial charge in [0.1, 0.15) is 0 Å². The molecule has 6 nitrogen and oxygen atoms in total. The molecule has 0 radical (unpaired) electrons. The Bertz CT molecular complexity index is 578. The highest BCUT2D eigenvalue weighted by molar-refractivity contribution is 5.76. The Morgan fingerprint density at radius 3 is 2.78 bits per heavy atom. The summed E-state index contributed by atoms with van der Waals surface area (Å²) < 4.78 is 5.61. The van der Waals surface area contributed by atoms with Gasteiger partial charge in [-0.1, -0.05) is 11.6 Å². The molecule has 0 bridgehead atoms. The molecule has 1 aromatic rings. The number of carbonyl (C=O) groups excluding carboxylic acids is 1. The lowest BCUT2D eigenvalue weighted by atomic mass is 9.81. The average Bonchev–Trinajstić information content (AvgIpc) is 3.12. The van der Waals surface area contributed by atoms with Crippen LogP contribution < -0.4 is 5.32 Å². The Morgan fingerprint density at radius 2 is 2.04 bits per heavy atom. The molecule has 0 saturated carbocycles. The van der Waals surface area contributed by atoms with Gasteiger partial charge in [-0.15, -0.1) is 0 Å². The Hall–Kier alpha value is -1.40. The topological polar surface area (TPSA) is 61.6 Å². The zero-order valence-electron chi connectivity index (χ0n) is 17.1. The van der Waals surface area contributed by atoms with Crippen LogP contribution in [0, 0.1) is 11.8 Å². The van der Waals surface area contributed by atoms with Gasteiger partial charge in [-0.2, -0.15) is 0 Å². The molecule has 2 aliphatic heterocycles. The fourth-order valence-corrected chi connectivity index (χ4v) is 4.55. The summed E-state index contributed by atoms with van der Waals surface area (Å²) in [6.45, 7) is 10.9. The van der Waals surface area contributed by atoms with E-state index < -0.39 is 0 Å². The molecule has 1 amide bonds. The van der Waals surface area contributed by atoms with Crippen LogP contribution in [0.4, 0.5) is 0 Å². The van der Waals surface area contributed by atoms with Crippen molar-refractivity contribution in [1.29, 1.82) is 0 Å². The van der Waals surface area contributed by atoms with Crippen LogP contribution >= 0.6 is 0 Å². The Balaban J connectivity index is 1.55. The van der Waals surface area contributed by atoms with Gasteiger partial charge in [0.05, 0.1) is 12.2 Å². The number of piperidine rings is 2. The number of rotatable bonds is 8. The fourth-order valence-electron chi connectivity index (χ4n) is 4.55. The van der Waals surface area contributed by atoms with Crippen LogP contribution in [0.15, 0.2) is 10.6 Å². The lowest BCUT2D eigenvalue weighted by Crippen LogP contribution is -2.41. The molecule has 0 unspecified atom stereocenters. The minimum absolute atomic E-state index is 0.294. The number of nitrogens with zero attached hydrogens (tertiary/aromatic N) is 3. The standard InChI is InChI=1S/C21H36N4O2/c1-3-25(4-2)21(26)13-17-8-9-22-15-18(17)12-19-14-20(27-23-19)16-24-10-6-5-7-11-24/h14,17-18,22H,3-13,15-16H2,1-2H3/t17-,18+/m1/s1. The minimum atomic E-state index is 0.294. The Morgan fingerprint density at radius 1 is 1.26 bits per heavy atom. The first-order valence-corrected chi connectivity index (χ1v) is 10.8. The maximum absolute atomic E-state index is 12.6. The zero-order chi connectivity index (χ0) is 19.1. The van der Waals surface area contributed by atoms with Crippen LogP contribution in [0.25, 0.3) is 0 Å². The Labute approximate surface area is 163 Å². The van der Waals surface area contributed by atoms with Gasteiger partial charge in [-0.25, -0.2) is 0 Å². The normalized spacial score (nSPS) is 24.1. The average molecular weight is 377 g/mol. The number of hydrogen-bond acceptors (Lipinski definition) is 5. The van der Waals surface area contributed by atoms with Gasteiger partial charge in [0, 0.05) is 25.6 Å². The molecule has 6 heteroatoms. The van der Waals surface area contributed by atoms with Crippen LogP contribution in [-0.4, -0.2) is 60.1 Å². The molecule has 0 aliphatic carbocycles. The van der Waals surface area contributed by atoms with Crippen molar-refractivity contribution >= 4 is 5.91 Å². The molecule has 1 aromatic heterocycles. The number of hydrogen-bond donors (Lipinski definition) is 1.